The number of rotatable bonds is 6. The van der Waals surface area contributed by atoms with Crippen LogP contribution in [0.25, 0.3) is 0 Å². The molecule has 0 saturated carbocycles. The predicted octanol–water partition coefficient (Wildman–Crippen LogP) is 2.42. The Morgan fingerprint density at radius 1 is 1.30 bits per heavy atom. The van der Waals surface area contributed by atoms with Gasteiger partial charge in [0.1, 0.15) is 18.1 Å². The molecule has 0 radical (unpaired) electrons. The second kappa shape index (κ2) is 6.87. The maximum atomic E-state index is 12.0. The summed E-state index contributed by atoms with van der Waals surface area (Å²) in [6, 6.07) is 9.51. The van der Waals surface area contributed by atoms with E-state index in [1.54, 1.807) is 12.1 Å². The monoisotopic (exact) mass is 314 g/mol. The van der Waals surface area contributed by atoms with E-state index in [0.29, 0.717) is 30.6 Å². The Kier molecular flexibility index (Phi) is 4.67. The summed E-state index contributed by atoms with van der Waals surface area (Å²) in [6.45, 7) is 6.98. The molecule has 5 nitrogen and oxygen atoms in total. The Morgan fingerprint density at radius 2 is 2.13 bits per heavy atom. The summed E-state index contributed by atoms with van der Waals surface area (Å²) in [5, 5.41) is 6.07. The molecule has 2 aromatic rings. The molecule has 2 heterocycles. The van der Waals surface area contributed by atoms with E-state index in [1.807, 2.05) is 26.0 Å². The smallest absolute Gasteiger partial charge is 0.287 e. The van der Waals surface area contributed by atoms with Gasteiger partial charge >= 0.3 is 0 Å². The van der Waals surface area contributed by atoms with Gasteiger partial charge in [0.25, 0.3) is 5.91 Å². The van der Waals surface area contributed by atoms with Gasteiger partial charge in [-0.1, -0.05) is 17.7 Å². The fourth-order valence-electron chi connectivity index (χ4n) is 2.50. The van der Waals surface area contributed by atoms with Gasteiger partial charge in [-0.3, -0.25) is 4.79 Å². The van der Waals surface area contributed by atoms with Crippen molar-refractivity contribution in [1.82, 2.24) is 10.6 Å². The van der Waals surface area contributed by atoms with Gasteiger partial charge in [-0.15, -0.1) is 0 Å². The molecule has 5 heteroatoms. The van der Waals surface area contributed by atoms with Crippen LogP contribution in [-0.4, -0.2) is 25.5 Å². The van der Waals surface area contributed by atoms with Crippen LogP contribution in [0, 0.1) is 19.8 Å². The molecular weight excluding hydrogens is 292 g/mol. The molecule has 0 spiro atoms. The van der Waals surface area contributed by atoms with Gasteiger partial charge in [0, 0.05) is 25.6 Å². The van der Waals surface area contributed by atoms with Crippen LogP contribution in [-0.2, 0) is 6.61 Å². The van der Waals surface area contributed by atoms with Crippen molar-refractivity contribution in [2.24, 2.45) is 5.92 Å². The van der Waals surface area contributed by atoms with E-state index in [0.717, 1.165) is 24.4 Å². The normalized spacial score (nSPS) is 14.3. The number of ether oxygens (including phenoxy) is 1. The largest absolute Gasteiger partial charge is 0.485 e. The number of furan rings is 1. The number of benzene rings is 1. The van der Waals surface area contributed by atoms with Crippen LogP contribution in [0.2, 0.25) is 0 Å². The molecule has 2 N–H and O–H groups in total. The third-order valence-electron chi connectivity index (χ3n) is 4.00. The molecular formula is C18H22N2O3. The van der Waals surface area contributed by atoms with Gasteiger partial charge in [-0.25, -0.2) is 0 Å². The van der Waals surface area contributed by atoms with Gasteiger partial charge in [0.2, 0.25) is 0 Å². The van der Waals surface area contributed by atoms with Crippen LogP contribution in [0.4, 0.5) is 0 Å². The summed E-state index contributed by atoms with van der Waals surface area (Å²) in [6.07, 6.45) is 0. The Labute approximate surface area is 136 Å². The van der Waals surface area contributed by atoms with E-state index in [9.17, 15) is 4.79 Å². The molecule has 23 heavy (non-hydrogen) atoms. The maximum absolute atomic E-state index is 12.0. The molecule has 1 aliphatic rings. The minimum Gasteiger partial charge on any atom is -0.485 e. The molecule has 3 rings (SSSR count). The summed E-state index contributed by atoms with van der Waals surface area (Å²) in [4.78, 5) is 12.0. The lowest BCUT2D eigenvalue weighted by atomic mass is 10.0. The van der Waals surface area contributed by atoms with E-state index in [2.05, 4.69) is 16.7 Å². The van der Waals surface area contributed by atoms with Crippen LogP contribution < -0.4 is 15.4 Å². The van der Waals surface area contributed by atoms with E-state index in [1.165, 1.54) is 5.56 Å². The molecule has 0 aliphatic carbocycles. The van der Waals surface area contributed by atoms with Crippen LogP contribution >= 0.6 is 0 Å². The van der Waals surface area contributed by atoms with Crippen LogP contribution in [0.3, 0.4) is 0 Å². The number of aryl methyl sites for hydroxylation is 2. The summed E-state index contributed by atoms with van der Waals surface area (Å²) in [7, 11) is 0. The fraction of sp³-hybridized carbons (Fsp3) is 0.389. The first-order chi connectivity index (χ1) is 11.1. The topological polar surface area (TPSA) is 63.5 Å². The third-order valence-corrected chi connectivity index (χ3v) is 4.00. The molecule has 0 unspecified atom stereocenters. The van der Waals surface area contributed by atoms with Crippen LogP contribution in [0.1, 0.15) is 27.4 Å². The maximum Gasteiger partial charge on any atom is 0.287 e. The zero-order valence-electron chi connectivity index (χ0n) is 13.5. The highest BCUT2D eigenvalue weighted by Crippen LogP contribution is 2.20. The number of hydrogen-bond donors (Lipinski definition) is 2. The standard InChI is InChI=1S/C18H22N2O3/c1-12-3-5-16(13(2)7-12)22-11-15-4-6-17(23-15)18(21)20-10-14-8-19-9-14/h3-7,14,19H,8-11H2,1-2H3,(H,20,21). The lowest BCUT2D eigenvalue weighted by Gasteiger charge is -2.26. The van der Waals surface area contributed by atoms with Crippen molar-refractivity contribution < 1.29 is 13.9 Å². The van der Waals surface area contributed by atoms with Gasteiger partial charge in [0.05, 0.1) is 0 Å². The van der Waals surface area contributed by atoms with Gasteiger partial charge in [0.15, 0.2) is 5.76 Å². The number of amides is 1. The fourth-order valence-corrected chi connectivity index (χ4v) is 2.50. The SMILES string of the molecule is Cc1ccc(OCc2ccc(C(=O)NCC3CNC3)o2)c(C)c1. The molecule has 1 aliphatic heterocycles. The number of hydrogen-bond acceptors (Lipinski definition) is 4. The van der Waals surface area contributed by atoms with Gasteiger partial charge in [-0.05, 0) is 37.6 Å². The molecule has 1 aromatic carbocycles. The molecule has 1 aromatic heterocycles. The first kappa shape index (κ1) is 15.6. The quantitative estimate of drug-likeness (QED) is 0.859. The van der Waals surface area contributed by atoms with Crippen molar-refractivity contribution in [3.05, 3.63) is 53.0 Å². The van der Waals surface area contributed by atoms with Gasteiger partial charge in [-0.2, -0.15) is 0 Å². The Morgan fingerprint density at radius 3 is 2.83 bits per heavy atom. The van der Waals surface area contributed by atoms with Crippen molar-refractivity contribution in [2.45, 2.75) is 20.5 Å². The summed E-state index contributed by atoms with van der Waals surface area (Å²) in [5.74, 6) is 2.16. The zero-order chi connectivity index (χ0) is 16.2. The molecule has 0 bridgehead atoms. The average molecular weight is 314 g/mol. The average Bonchev–Trinajstić information content (AvgIpc) is 2.93. The Bertz CT molecular complexity index is 689. The lowest BCUT2D eigenvalue weighted by molar-refractivity contribution is 0.0910. The highest BCUT2D eigenvalue weighted by atomic mass is 16.5. The molecule has 122 valence electrons. The number of carbonyl (C=O) groups is 1. The van der Waals surface area contributed by atoms with Crippen molar-refractivity contribution in [3.63, 3.8) is 0 Å². The van der Waals surface area contributed by atoms with E-state index in [4.69, 9.17) is 9.15 Å². The highest BCUT2D eigenvalue weighted by Gasteiger charge is 2.19. The van der Waals surface area contributed by atoms with E-state index < -0.39 is 0 Å². The second-order valence-electron chi connectivity index (χ2n) is 6.06. The Hall–Kier alpha value is -2.27. The minimum absolute atomic E-state index is 0.172. The predicted molar refractivity (Wildman–Crippen MR) is 87.6 cm³/mol. The third kappa shape index (κ3) is 3.93. The van der Waals surface area contributed by atoms with E-state index in [-0.39, 0.29) is 5.91 Å². The van der Waals surface area contributed by atoms with Crippen molar-refractivity contribution >= 4 is 5.91 Å². The lowest BCUT2D eigenvalue weighted by Crippen LogP contribution is -2.48. The van der Waals surface area contributed by atoms with E-state index >= 15 is 0 Å². The van der Waals surface area contributed by atoms with Crippen molar-refractivity contribution in [2.75, 3.05) is 19.6 Å². The van der Waals surface area contributed by atoms with Crippen LogP contribution in [0.5, 0.6) is 5.75 Å². The van der Waals surface area contributed by atoms with Crippen molar-refractivity contribution in [3.8, 4) is 5.75 Å². The summed E-state index contributed by atoms with van der Waals surface area (Å²) < 4.78 is 11.3. The molecule has 1 amide bonds. The first-order valence-corrected chi connectivity index (χ1v) is 7.89. The highest BCUT2D eigenvalue weighted by molar-refractivity contribution is 5.91. The molecule has 1 fully saturated rings. The van der Waals surface area contributed by atoms with Crippen molar-refractivity contribution in [1.29, 1.82) is 0 Å². The first-order valence-electron chi connectivity index (χ1n) is 7.89. The zero-order valence-corrected chi connectivity index (χ0v) is 13.5. The molecule has 1 saturated heterocycles. The number of carbonyl (C=O) groups excluding carboxylic acids is 1. The Balaban J connectivity index is 1.53. The minimum atomic E-state index is -0.172. The number of nitrogens with one attached hydrogen (secondary N) is 2. The van der Waals surface area contributed by atoms with Gasteiger partial charge < -0.3 is 19.8 Å². The summed E-state index contributed by atoms with van der Waals surface area (Å²) in [5.41, 5.74) is 2.29. The second-order valence-corrected chi connectivity index (χ2v) is 6.06. The molecule has 0 atom stereocenters. The summed E-state index contributed by atoms with van der Waals surface area (Å²) >= 11 is 0. The van der Waals surface area contributed by atoms with Crippen LogP contribution in [0.15, 0.2) is 34.7 Å².